The minimum Gasteiger partial charge on any atom is -0.360 e. The van der Waals surface area contributed by atoms with E-state index in [1.54, 1.807) is 13.0 Å². The molecule has 0 aromatic carbocycles. The van der Waals surface area contributed by atoms with Crippen LogP contribution in [0.25, 0.3) is 0 Å². The van der Waals surface area contributed by atoms with Crippen molar-refractivity contribution in [2.24, 2.45) is 0 Å². The van der Waals surface area contributed by atoms with Gasteiger partial charge in [-0.2, -0.15) is 0 Å². The molecule has 1 aromatic rings. The summed E-state index contributed by atoms with van der Waals surface area (Å²) in [6, 6.07) is 1.68. The summed E-state index contributed by atoms with van der Waals surface area (Å²) in [4.78, 5) is 27.9. The lowest BCUT2D eigenvalue weighted by atomic mass is 10.2. The second-order valence-corrected chi connectivity index (χ2v) is 5.74. The zero-order chi connectivity index (χ0) is 16.7. The Labute approximate surface area is 160 Å². The van der Waals surface area contributed by atoms with Crippen molar-refractivity contribution in [2.75, 3.05) is 51.6 Å². The molecule has 144 valence electrons. The first-order valence-corrected chi connectivity index (χ1v) is 7.96. The number of nitrogens with one attached hydrogen (secondary N) is 2. The number of hydrogen-bond donors (Lipinski definition) is 2. The van der Waals surface area contributed by atoms with Gasteiger partial charge in [0.05, 0.1) is 6.54 Å². The van der Waals surface area contributed by atoms with Crippen LogP contribution in [0.4, 0.5) is 5.82 Å². The van der Waals surface area contributed by atoms with E-state index in [2.05, 4.69) is 15.8 Å². The Morgan fingerprint density at radius 3 is 2.48 bits per heavy atom. The lowest BCUT2D eigenvalue weighted by molar-refractivity contribution is -0.133. The molecule has 1 aliphatic heterocycles. The highest BCUT2D eigenvalue weighted by Gasteiger charge is 2.22. The first-order chi connectivity index (χ1) is 11.1. The van der Waals surface area contributed by atoms with E-state index in [4.69, 9.17) is 4.52 Å². The molecule has 2 amide bonds. The molecule has 0 spiro atoms. The monoisotopic (exact) mass is 395 g/mol. The topological polar surface area (TPSA) is 90.7 Å². The van der Waals surface area contributed by atoms with Crippen molar-refractivity contribution >= 4 is 42.4 Å². The van der Waals surface area contributed by atoms with E-state index in [0.717, 1.165) is 13.0 Å². The van der Waals surface area contributed by atoms with Gasteiger partial charge in [0.2, 0.25) is 11.8 Å². The van der Waals surface area contributed by atoms with E-state index in [-0.39, 0.29) is 36.6 Å². The number of piperazine rings is 1. The first-order valence-electron chi connectivity index (χ1n) is 7.96. The van der Waals surface area contributed by atoms with E-state index < -0.39 is 0 Å². The number of carbonyl (C=O) groups excluding carboxylic acids is 2. The molecule has 1 aromatic heterocycles. The zero-order valence-corrected chi connectivity index (χ0v) is 16.3. The normalized spacial score (nSPS) is 14.4. The second-order valence-electron chi connectivity index (χ2n) is 5.74. The molecule has 0 saturated carbocycles. The van der Waals surface area contributed by atoms with Crippen LogP contribution in [0.1, 0.15) is 18.6 Å². The largest absolute Gasteiger partial charge is 0.360 e. The van der Waals surface area contributed by atoms with Crippen LogP contribution in [0.5, 0.6) is 0 Å². The van der Waals surface area contributed by atoms with Crippen LogP contribution in [0.15, 0.2) is 10.6 Å². The van der Waals surface area contributed by atoms with Gasteiger partial charge in [-0.25, -0.2) is 0 Å². The fourth-order valence-corrected chi connectivity index (χ4v) is 2.54. The van der Waals surface area contributed by atoms with Crippen LogP contribution in [0.2, 0.25) is 0 Å². The van der Waals surface area contributed by atoms with Gasteiger partial charge in [0, 0.05) is 38.7 Å². The molecule has 1 aliphatic rings. The highest BCUT2D eigenvalue weighted by molar-refractivity contribution is 5.91. The number of halogens is 2. The molecular weight excluding hydrogens is 369 g/mol. The number of aryl methyl sites for hydroxylation is 1. The predicted octanol–water partition coefficient (Wildman–Crippen LogP) is 0.909. The summed E-state index contributed by atoms with van der Waals surface area (Å²) in [6.45, 7) is 5.70. The van der Waals surface area contributed by atoms with Crippen LogP contribution in [0.3, 0.4) is 0 Å². The average Bonchev–Trinajstić information content (AvgIpc) is 2.93. The number of hydrogen-bond acceptors (Lipinski definition) is 6. The Bertz CT molecular complexity index is 533. The van der Waals surface area contributed by atoms with Gasteiger partial charge in [-0.3, -0.25) is 14.5 Å². The molecule has 2 heterocycles. The third kappa shape index (κ3) is 8.04. The average molecular weight is 396 g/mol. The lowest BCUT2D eigenvalue weighted by Crippen LogP contribution is -2.50. The maximum absolute atomic E-state index is 12.0. The van der Waals surface area contributed by atoms with Gasteiger partial charge >= 0.3 is 0 Å². The van der Waals surface area contributed by atoms with Crippen molar-refractivity contribution in [2.45, 2.75) is 19.8 Å². The van der Waals surface area contributed by atoms with Crippen molar-refractivity contribution in [3.63, 3.8) is 0 Å². The summed E-state index contributed by atoms with van der Waals surface area (Å²) in [7, 11) is 1.88. The summed E-state index contributed by atoms with van der Waals surface area (Å²) < 4.78 is 4.91. The van der Waals surface area contributed by atoms with Crippen LogP contribution >= 0.6 is 24.8 Å². The van der Waals surface area contributed by atoms with Crippen molar-refractivity contribution in [1.82, 2.24) is 20.3 Å². The summed E-state index contributed by atoms with van der Waals surface area (Å²) in [6.07, 6.45) is 1.43. The highest BCUT2D eigenvalue weighted by atomic mass is 35.5. The van der Waals surface area contributed by atoms with Gasteiger partial charge in [-0.05, 0) is 26.9 Å². The molecule has 0 atom stereocenters. The Morgan fingerprint density at radius 2 is 1.92 bits per heavy atom. The van der Waals surface area contributed by atoms with Crippen LogP contribution < -0.4 is 10.6 Å². The molecule has 2 N–H and O–H groups in total. The zero-order valence-electron chi connectivity index (χ0n) is 14.6. The van der Waals surface area contributed by atoms with Crippen LogP contribution in [0, 0.1) is 6.92 Å². The molecule has 0 aliphatic carbocycles. The van der Waals surface area contributed by atoms with Gasteiger partial charge in [-0.15, -0.1) is 24.8 Å². The minimum absolute atomic E-state index is 0. The summed E-state index contributed by atoms with van der Waals surface area (Å²) >= 11 is 0. The van der Waals surface area contributed by atoms with E-state index in [0.29, 0.717) is 50.7 Å². The highest BCUT2D eigenvalue weighted by Crippen LogP contribution is 2.08. The Hall–Kier alpha value is -1.35. The minimum atomic E-state index is -0.118. The molecule has 0 unspecified atom stereocenters. The number of aromatic nitrogens is 1. The molecule has 1 fully saturated rings. The number of amides is 2. The SMILES string of the molecule is CNCCCC(=O)N1CCN(CC(=O)Nc2cc(C)on2)CC1.Cl.Cl. The van der Waals surface area contributed by atoms with E-state index in [1.165, 1.54) is 0 Å². The fraction of sp³-hybridized carbons (Fsp3) is 0.667. The van der Waals surface area contributed by atoms with Crippen molar-refractivity contribution in [1.29, 1.82) is 0 Å². The van der Waals surface area contributed by atoms with Gasteiger partial charge in [0.15, 0.2) is 5.82 Å². The van der Waals surface area contributed by atoms with Gasteiger partial charge < -0.3 is 20.1 Å². The van der Waals surface area contributed by atoms with Crippen molar-refractivity contribution in [3.05, 3.63) is 11.8 Å². The molecule has 8 nitrogen and oxygen atoms in total. The maximum atomic E-state index is 12.0. The fourth-order valence-electron chi connectivity index (χ4n) is 2.54. The predicted molar refractivity (Wildman–Crippen MR) is 101 cm³/mol. The smallest absolute Gasteiger partial charge is 0.239 e. The lowest BCUT2D eigenvalue weighted by Gasteiger charge is -2.34. The molecular formula is C15H27Cl2N5O3. The van der Waals surface area contributed by atoms with Crippen LogP contribution in [-0.2, 0) is 9.59 Å². The van der Waals surface area contributed by atoms with Crippen molar-refractivity contribution in [3.8, 4) is 0 Å². The van der Waals surface area contributed by atoms with Gasteiger partial charge in [0.25, 0.3) is 0 Å². The van der Waals surface area contributed by atoms with E-state index in [9.17, 15) is 9.59 Å². The Balaban J connectivity index is 0.00000288. The Kier molecular flexibility index (Phi) is 11.4. The number of rotatable bonds is 7. The molecule has 25 heavy (non-hydrogen) atoms. The number of carbonyl (C=O) groups is 2. The summed E-state index contributed by atoms with van der Waals surface area (Å²) in [5.74, 6) is 1.17. The van der Waals surface area contributed by atoms with Gasteiger partial charge in [-0.1, -0.05) is 5.16 Å². The Morgan fingerprint density at radius 1 is 1.24 bits per heavy atom. The molecule has 2 rings (SSSR count). The summed E-state index contributed by atoms with van der Waals surface area (Å²) in [5.41, 5.74) is 0. The van der Waals surface area contributed by atoms with Gasteiger partial charge in [0.1, 0.15) is 5.76 Å². The quantitative estimate of drug-likeness (QED) is 0.666. The molecule has 1 saturated heterocycles. The number of nitrogens with zero attached hydrogens (tertiary/aromatic N) is 3. The molecule has 10 heteroatoms. The van der Waals surface area contributed by atoms with Crippen molar-refractivity contribution < 1.29 is 14.1 Å². The summed E-state index contributed by atoms with van der Waals surface area (Å²) in [5, 5.41) is 9.48. The van der Waals surface area contributed by atoms with Crippen LogP contribution in [-0.4, -0.2) is 73.1 Å². The maximum Gasteiger partial charge on any atom is 0.239 e. The third-order valence-electron chi connectivity index (χ3n) is 3.81. The van der Waals surface area contributed by atoms with E-state index >= 15 is 0 Å². The number of anilines is 1. The molecule has 0 bridgehead atoms. The van der Waals surface area contributed by atoms with E-state index in [1.807, 2.05) is 16.8 Å². The first kappa shape index (κ1) is 23.6. The standard InChI is InChI=1S/C15H25N5O3.2ClH/c1-12-10-13(18-23-12)17-14(21)11-19-6-8-20(9-7-19)15(22)4-3-5-16-2;;/h10,16H,3-9,11H2,1-2H3,(H,17,18,21);2*1H. The third-order valence-corrected chi connectivity index (χ3v) is 3.81. The molecule has 0 radical (unpaired) electrons. The second kappa shape index (κ2) is 12.1.